The summed E-state index contributed by atoms with van der Waals surface area (Å²) in [7, 11) is 0. The highest BCUT2D eigenvalue weighted by Crippen LogP contribution is 2.23. The molecular weight excluding hydrogens is 368 g/mol. The monoisotopic (exact) mass is 390 g/mol. The lowest BCUT2D eigenvalue weighted by atomic mass is 10.00. The summed E-state index contributed by atoms with van der Waals surface area (Å²) >= 11 is 0. The molecule has 148 valence electrons. The predicted molar refractivity (Wildman–Crippen MR) is 110 cm³/mol. The first-order valence-electron chi connectivity index (χ1n) is 9.30. The second-order valence-electron chi connectivity index (χ2n) is 6.57. The Hall–Kier alpha value is -3.67. The summed E-state index contributed by atoms with van der Waals surface area (Å²) in [5.41, 5.74) is 1.43. The van der Waals surface area contributed by atoms with Gasteiger partial charge in [0.15, 0.2) is 6.61 Å². The van der Waals surface area contributed by atoms with Gasteiger partial charge in [-0.1, -0.05) is 60.7 Å². The van der Waals surface area contributed by atoms with E-state index >= 15 is 0 Å². The van der Waals surface area contributed by atoms with E-state index in [1.54, 1.807) is 30.3 Å². The molecule has 0 aliphatic carbocycles. The van der Waals surface area contributed by atoms with Gasteiger partial charge < -0.3 is 15.4 Å². The topological polar surface area (TPSA) is 84.5 Å². The molecule has 0 bridgehead atoms. The summed E-state index contributed by atoms with van der Waals surface area (Å²) in [6.07, 6.45) is 0. The van der Waals surface area contributed by atoms with Gasteiger partial charge in [-0.2, -0.15) is 0 Å². The first-order valence-corrected chi connectivity index (χ1v) is 9.30. The molecule has 0 fully saturated rings. The highest BCUT2D eigenvalue weighted by atomic mass is 16.5. The molecular formula is C23H22N2O4. The molecule has 6 heteroatoms. The van der Waals surface area contributed by atoms with Crippen LogP contribution in [-0.2, 0) is 14.3 Å². The zero-order valence-corrected chi connectivity index (χ0v) is 16.1. The van der Waals surface area contributed by atoms with Gasteiger partial charge in [0.05, 0.1) is 6.04 Å². The fourth-order valence-corrected chi connectivity index (χ4v) is 3.03. The van der Waals surface area contributed by atoms with Crippen LogP contribution in [-0.4, -0.2) is 30.9 Å². The third-order valence-electron chi connectivity index (χ3n) is 4.46. The number of rotatable bonds is 7. The zero-order valence-electron chi connectivity index (χ0n) is 16.1. The molecule has 2 N–H and O–H groups in total. The van der Waals surface area contributed by atoms with Gasteiger partial charge in [0.1, 0.15) is 6.54 Å². The third-order valence-corrected chi connectivity index (χ3v) is 4.46. The molecule has 29 heavy (non-hydrogen) atoms. The van der Waals surface area contributed by atoms with Gasteiger partial charge in [-0.25, -0.2) is 0 Å². The number of nitrogens with one attached hydrogen (secondary N) is 2. The molecule has 0 saturated heterocycles. The van der Waals surface area contributed by atoms with Crippen LogP contribution in [0.2, 0.25) is 0 Å². The molecule has 0 spiro atoms. The van der Waals surface area contributed by atoms with Crippen molar-refractivity contribution in [1.82, 2.24) is 10.6 Å². The van der Waals surface area contributed by atoms with E-state index in [9.17, 15) is 14.4 Å². The fraction of sp³-hybridized carbons (Fsp3) is 0.174. The Morgan fingerprint density at radius 3 is 2.38 bits per heavy atom. The Morgan fingerprint density at radius 2 is 1.59 bits per heavy atom. The second-order valence-corrected chi connectivity index (χ2v) is 6.57. The van der Waals surface area contributed by atoms with Crippen LogP contribution in [0.3, 0.4) is 0 Å². The number of esters is 1. The lowest BCUT2D eigenvalue weighted by Gasteiger charge is -2.16. The van der Waals surface area contributed by atoms with Crippen LogP contribution in [0, 0.1) is 0 Å². The third kappa shape index (κ3) is 5.42. The molecule has 6 nitrogen and oxygen atoms in total. The molecule has 3 rings (SSSR count). The first-order chi connectivity index (χ1) is 14.0. The Kier molecular flexibility index (Phi) is 6.58. The largest absolute Gasteiger partial charge is 0.454 e. The molecule has 3 aromatic rings. The number of hydrogen-bond donors (Lipinski definition) is 2. The van der Waals surface area contributed by atoms with Crippen molar-refractivity contribution in [2.24, 2.45) is 0 Å². The van der Waals surface area contributed by atoms with Crippen molar-refractivity contribution < 1.29 is 19.1 Å². The standard InChI is InChI=1S/C23H22N2O4/c1-16(19-13-7-11-17-8-5-6-12-20(17)19)25-21(26)15-29-22(27)14-24-23(28)18-9-3-2-4-10-18/h2-13,16H,14-15H2,1H3,(H,24,28)(H,25,26)/t16-/m1/s1. The second kappa shape index (κ2) is 9.50. The average molecular weight is 390 g/mol. The fourth-order valence-electron chi connectivity index (χ4n) is 3.03. The van der Waals surface area contributed by atoms with Crippen LogP contribution >= 0.6 is 0 Å². The maximum atomic E-state index is 12.2. The normalized spacial score (nSPS) is 11.5. The lowest BCUT2D eigenvalue weighted by Crippen LogP contribution is -2.34. The minimum atomic E-state index is -0.678. The number of carbonyl (C=O) groups excluding carboxylic acids is 3. The van der Waals surface area contributed by atoms with E-state index in [2.05, 4.69) is 10.6 Å². The molecule has 0 heterocycles. The molecule has 0 unspecified atom stereocenters. The smallest absolute Gasteiger partial charge is 0.325 e. The lowest BCUT2D eigenvalue weighted by molar-refractivity contribution is -0.147. The van der Waals surface area contributed by atoms with E-state index in [0.717, 1.165) is 16.3 Å². The van der Waals surface area contributed by atoms with Gasteiger partial charge in [-0.05, 0) is 35.4 Å². The van der Waals surface area contributed by atoms with E-state index in [4.69, 9.17) is 4.74 Å². The van der Waals surface area contributed by atoms with Gasteiger partial charge in [0.25, 0.3) is 11.8 Å². The van der Waals surface area contributed by atoms with E-state index in [-0.39, 0.29) is 18.5 Å². The van der Waals surface area contributed by atoms with Crippen molar-refractivity contribution in [3.8, 4) is 0 Å². The molecule has 0 aliphatic rings. The van der Waals surface area contributed by atoms with Gasteiger partial charge in [0, 0.05) is 5.56 Å². The Morgan fingerprint density at radius 1 is 0.897 bits per heavy atom. The number of fused-ring (bicyclic) bond motifs is 1. The van der Waals surface area contributed by atoms with Crippen LogP contribution in [0.25, 0.3) is 10.8 Å². The average Bonchev–Trinajstić information content (AvgIpc) is 2.76. The zero-order chi connectivity index (χ0) is 20.6. The van der Waals surface area contributed by atoms with E-state index in [0.29, 0.717) is 5.56 Å². The Bertz CT molecular complexity index is 1010. The van der Waals surface area contributed by atoms with Gasteiger partial charge in [-0.3, -0.25) is 14.4 Å². The number of benzene rings is 3. The van der Waals surface area contributed by atoms with Crippen molar-refractivity contribution in [1.29, 1.82) is 0 Å². The quantitative estimate of drug-likeness (QED) is 0.608. The summed E-state index contributed by atoms with van der Waals surface area (Å²) in [6, 6.07) is 22.1. The maximum Gasteiger partial charge on any atom is 0.325 e. The minimum absolute atomic E-state index is 0.245. The summed E-state index contributed by atoms with van der Waals surface area (Å²) in [4.78, 5) is 35.8. The van der Waals surface area contributed by atoms with Crippen LogP contribution in [0.15, 0.2) is 72.8 Å². The Labute approximate surface area is 168 Å². The molecule has 3 aromatic carbocycles. The van der Waals surface area contributed by atoms with Gasteiger partial charge in [-0.15, -0.1) is 0 Å². The summed E-state index contributed by atoms with van der Waals surface area (Å²) in [5.74, 6) is -1.47. The summed E-state index contributed by atoms with van der Waals surface area (Å²) in [6.45, 7) is 1.16. The minimum Gasteiger partial charge on any atom is -0.454 e. The van der Waals surface area contributed by atoms with E-state index < -0.39 is 18.5 Å². The molecule has 0 saturated carbocycles. The predicted octanol–water partition coefficient (Wildman–Crippen LogP) is 2.99. The molecule has 0 radical (unpaired) electrons. The van der Waals surface area contributed by atoms with Crippen LogP contribution in [0.4, 0.5) is 0 Å². The van der Waals surface area contributed by atoms with Crippen LogP contribution < -0.4 is 10.6 Å². The highest BCUT2D eigenvalue weighted by Gasteiger charge is 2.14. The van der Waals surface area contributed by atoms with Crippen molar-refractivity contribution >= 4 is 28.6 Å². The van der Waals surface area contributed by atoms with Crippen molar-refractivity contribution in [3.63, 3.8) is 0 Å². The van der Waals surface area contributed by atoms with Crippen molar-refractivity contribution in [2.45, 2.75) is 13.0 Å². The van der Waals surface area contributed by atoms with Gasteiger partial charge in [0.2, 0.25) is 0 Å². The van der Waals surface area contributed by atoms with Gasteiger partial charge >= 0.3 is 5.97 Å². The number of amides is 2. The summed E-state index contributed by atoms with van der Waals surface area (Å²) in [5, 5.41) is 7.44. The maximum absolute atomic E-state index is 12.2. The van der Waals surface area contributed by atoms with Crippen molar-refractivity contribution in [3.05, 3.63) is 83.9 Å². The molecule has 0 aliphatic heterocycles. The SMILES string of the molecule is C[C@@H](NC(=O)COC(=O)CNC(=O)c1ccccc1)c1cccc2ccccc12. The van der Waals surface area contributed by atoms with E-state index in [1.165, 1.54) is 0 Å². The van der Waals surface area contributed by atoms with Crippen LogP contribution in [0.1, 0.15) is 28.9 Å². The van der Waals surface area contributed by atoms with E-state index in [1.807, 2.05) is 49.4 Å². The number of carbonyl (C=O) groups is 3. The number of hydrogen-bond acceptors (Lipinski definition) is 4. The van der Waals surface area contributed by atoms with Crippen LogP contribution in [0.5, 0.6) is 0 Å². The molecule has 1 atom stereocenters. The number of ether oxygens (including phenoxy) is 1. The highest BCUT2D eigenvalue weighted by molar-refractivity contribution is 5.96. The summed E-state index contributed by atoms with van der Waals surface area (Å²) < 4.78 is 4.95. The first kappa shape index (κ1) is 20.1. The molecule has 2 amide bonds. The van der Waals surface area contributed by atoms with Crippen molar-refractivity contribution in [2.75, 3.05) is 13.2 Å². The molecule has 0 aromatic heterocycles. The Balaban J connectivity index is 1.46.